The summed E-state index contributed by atoms with van der Waals surface area (Å²) in [6.07, 6.45) is 2.47. The number of benzene rings is 2. The Labute approximate surface area is 212 Å². The van der Waals surface area contributed by atoms with Gasteiger partial charge in [-0.15, -0.1) is 0 Å². The molecule has 0 spiro atoms. The molecule has 1 aliphatic rings. The number of carbonyl (C=O) groups is 3. The Morgan fingerprint density at radius 2 is 1.94 bits per heavy atom. The van der Waals surface area contributed by atoms with Gasteiger partial charge in [0.25, 0.3) is 11.1 Å². The summed E-state index contributed by atoms with van der Waals surface area (Å²) in [4.78, 5) is 39.1. The molecule has 1 fully saturated rings. The number of amides is 3. The van der Waals surface area contributed by atoms with Gasteiger partial charge in [0.15, 0.2) is 11.5 Å². The van der Waals surface area contributed by atoms with Crippen LogP contribution in [0.5, 0.6) is 11.5 Å². The first-order valence-electron chi connectivity index (χ1n) is 11.0. The van der Waals surface area contributed by atoms with Gasteiger partial charge in [-0.05, 0) is 95.8 Å². The highest BCUT2D eigenvalue weighted by molar-refractivity contribution is 9.10. The summed E-state index contributed by atoms with van der Waals surface area (Å²) in [5, 5.41) is 2.30. The number of halogens is 1. The molecule has 3 rings (SSSR count). The number of nitrogens with zero attached hydrogens (tertiary/aromatic N) is 1. The van der Waals surface area contributed by atoms with Gasteiger partial charge < -0.3 is 14.8 Å². The minimum Gasteiger partial charge on any atom is -0.490 e. The molecule has 9 heteroatoms. The van der Waals surface area contributed by atoms with Gasteiger partial charge in [-0.2, -0.15) is 0 Å². The van der Waals surface area contributed by atoms with E-state index in [1.165, 1.54) is 0 Å². The molecule has 1 saturated heterocycles. The minimum atomic E-state index is -0.508. The van der Waals surface area contributed by atoms with Gasteiger partial charge in [0.1, 0.15) is 6.54 Å². The van der Waals surface area contributed by atoms with Crippen LogP contribution in [0, 0.1) is 13.8 Å². The number of imide groups is 1. The predicted octanol–water partition coefficient (Wildman–Crippen LogP) is 5.93. The summed E-state index contributed by atoms with van der Waals surface area (Å²) in [6, 6.07) is 9.14. The smallest absolute Gasteiger partial charge is 0.294 e. The molecule has 2 aromatic rings. The maximum absolute atomic E-state index is 12.9. The molecule has 180 valence electrons. The Kier molecular flexibility index (Phi) is 8.79. The van der Waals surface area contributed by atoms with Crippen LogP contribution in [-0.2, 0) is 9.59 Å². The fourth-order valence-corrected chi connectivity index (χ4v) is 4.70. The largest absolute Gasteiger partial charge is 0.490 e. The Balaban J connectivity index is 1.77. The van der Waals surface area contributed by atoms with E-state index in [4.69, 9.17) is 9.47 Å². The van der Waals surface area contributed by atoms with Crippen molar-refractivity contribution in [3.05, 3.63) is 56.4 Å². The highest BCUT2D eigenvalue weighted by Crippen LogP contribution is 2.39. The fourth-order valence-electron chi connectivity index (χ4n) is 3.29. The molecule has 0 saturated carbocycles. The van der Waals surface area contributed by atoms with Gasteiger partial charge in [0, 0.05) is 5.69 Å². The number of thioether (sulfide) groups is 1. The Bertz CT molecular complexity index is 1150. The number of ether oxygens (including phenoxy) is 2. The third-order valence-corrected chi connectivity index (χ3v) is 6.63. The second kappa shape index (κ2) is 11.6. The fraction of sp³-hybridized carbons (Fsp3) is 0.320. The standard InChI is InChI=1S/C25H27BrN2O5S/c1-5-10-33-23-18(26)11-17(12-20(23)32-6-2)13-21-24(30)28(25(31)34-21)14-22(29)27-19-9-7-8-15(3)16(19)4/h7-9,11-13H,5-6,10,14H2,1-4H3,(H,27,29)/b21-13-. The molecular weight excluding hydrogens is 520 g/mol. The number of hydrogen-bond donors (Lipinski definition) is 1. The zero-order valence-electron chi connectivity index (χ0n) is 19.6. The molecule has 2 aromatic carbocycles. The quantitative estimate of drug-likeness (QED) is 0.392. The van der Waals surface area contributed by atoms with E-state index in [1.807, 2.05) is 39.8 Å². The van der Waals surface area contributed by atoms with E-state index in [1.54, 1.807) is 24.3 Å². The van der Waals surface area contributed by atoms with Crippen molar-refractivity contribution in [3.63, 3.8) is 0 Å². The number of rotatable bonds is 9. The third kappa shape index (κ3) is 6.01. The Morgan fingerprint density at radius 3 is 2.65 bits per heavy atom. The van der Waals surface area contributed by atoms with E-state index in [0.717, 1.165) is 34.2 Å². The molecule has 0 bridgehead atoms. The zero-order chi connectivity index (χ0) is 24.8. The summed E-state index contributed by atoms with van der Waals surface area (Å²) in [5.74, 6) is 0.198. The molecule has 0 radical (unpaired) electrons. The average Bonchev–Trinajstić information content (AvgIpc) is 3.04. The van der Waals surface area contributed by atoms with Crippen LogP contribution in [0.3, 0.4) is 0 Å². The van der Waals surface area contributed by atoms with Gasteiger partial charge in [-0.1, -0.05) is 19.1 Å². The lowest BCUT2D eigenvalue weighted by Gasteiger charge is -2.15. The second-order valence-corrected chi connectivity index (χ2v) is 9.52. The first-order valence-corrected chi connectivity index (χ1v) is 12.6. The van der Waals surface area contributed by atoms with Gasteiger partial charge in [-0.25, -0.2) is 0 Å². The van der Waals surface area contributed by atoms with Crippen molar-refractivity contribution >= 4 is 56.5 Å². The Morgan fingerprint density at radius 1 is 1.18 bits per heavy atom. The van der Waals surface area contributed by atoms with E-state index in [-0.39, 0.29) is 11.4 Å². The van der Waals surface area contributed by atoms with Crippen LogP contribution in [0.2, 0.25) is 0 Å². The van der Waals surface area contributed by atoms with Gasteiger partial charge in [-0.3, -0.25) is 19.3 Å². The first kappa shape index (κ1) is 25.8. The van der Waals surface area contributed by atoms with Crippen LogP contribution < -0.4 is 14.8 Å². The van der Waals surface area contributed by atoms with Crippen molar-refractivity contribution in [1.82, 2.24) is 4.90 Å². The van der Waals surface area contributed by atoms with Gasteiger partial charge in [0.05, 0.1) is 22.6 Å². The molecule has 1 N–H and O–H groups in total. The van der Waals surface area contributed by atoms with Crippen LogP contribution in [0.4, 0.5) is 10.5 Å². The number of carbonyl (C=O) groups excluding carboxylic acids is 3. The number of nitrogens with one attached hydrogen (secondary N) is 1. The van der Waals surface area contributed by atoms with Crippen molar-refractivity contribution in [1.29, 1.82) is 0 Å². The lowest BCUT2D eigenvalue weighted by Crippen LogP contribution is -2.36. The lowest BCUT2D eigenvalue weighted by molar-refractivity contribution is -0.127. The van der Waals surface area contributed by atoms with Crippen LogP contribution in [0.15, 0.2) is 39.7 Å². The molecule has 34 heavy (non-hydrogen) atoms. The van der Waals surface area contributed by atoms with E-state index >= 15 is 0 Å². The molecule has 1 heterocycles. The van der Waals surface area contributed by atoms with E-state index in [2.05, 4.69) is 21.2 Å². The summed E-state index contributed by atoms with van der Waals surface area (Å²) in [7, 11) is 0. The van der Waals surface area contributed by atoms with E-state index in [9.17, 15) is 14.4 Å². The average molecular weight is 547 g/mol. The minimum absolute atomic E-state index is 0.237. The number of aryl methyl sites for hydroxylation is 1. The van der Waals surface area contributed by atoms with Gasteiger partial charge >= 0.3 is 0 Å². The van der Waals surface area contributed by atoms with Crippen molar-refractivity contribution in [2.45, 2.75) is 34.1 Å². The van der Waals surface area contributed by atoms with E-state index < -0.39 is 17.1 Å². The molecule has 7 nitrogen and oxygen atoms in total. The predicted molar refractivity (Wildman–Crippen MR) is 138 cm³/mol. The number of anilines is 1. The maximum Gasteiger partial charge on any atom is 0.294 e. The van der Waals surface area contributed by atoms with Gasteiger partial charge in [0.2, 0.25) is 5.91 Å². The zero-order valence-corrected chi connectivity index (χ0v) is 22.0. The van der Waals surface area contributed by atoms with E-state index in [0.29, 0.717) is 40.4 Å². The number of hydrogen-bond acceptors (Lipinski definition) is 6. The van der Waals surface area contributed by atoms with Crippen molar-refractivity contribution in [2.75, 3.05) is 25.1 Å². The Hall–Kier alpha value is -2.78. The first-order chi connectivity index (χ1) is 16.2. The van der Waals surface area contributed by atoms with Crippen molar-refractivity contribution < 1.29 is 23.9 Å². The maximum atomic E-state index is 12.9. The van der Waals surface area contributed by atoms with Crippen LogP contribution >= 0.6 is 27.7 Å². The molecule has 0 aromatic heterocycles. The van der Waals surface area contributed by atoms with Crippen LogP contribution in [0.25, 0.3) is 6.08 Å². The van der Waals surface area contributed by atoms with Crippen molar-refractivity contribution in [3.8, 4) is 11.5 Å². The van der Waals surface area contributed by atoms with Crippen molar-refractivity contribution in [2.24, 2.45) is 0 Å². The highest BCUT2D eigenvalue weighted by atomic mass is 79.9. The van der Waals surface area contributed by atoms with Crippen LogP contribution in [-0.4, -0.2) is 41.7 Å². The summed E-state index contributed by atoms with van der Waals surface area (Å²) >= 11 is 4.31. The molecule has 0 aliphatic carbocycles. The molecule has 0 atom stereocenters. The monoisotopic (exact) mass is 546 g/mol. The normalized spacial score (nSPS) is 14.6. The summed E-state index contributed by atoms with van der Waals surface area (Å²) < 4.78 is 12.2. The molecule has 0 unspecified atom stereocenters. The molecule has 1 aliphatic heterocycles. The highest BCUT2D eigenvalue weighted by Gasteiger charge is 2.36. The summed E-state index contributed by atoms with van der Waals surface area (Å²) in [6.45, 7) is 8.38. The second-order valence-electron chi connectivity index (χ2n) is 7.67. The lowest BCUT2D eigenvalue weighted by atomic mass is 10.1. The summed E-state index contributed by atoms with van der Waals surface area (Å²) in [5.41, 5.74) is 3.30. The third-order valence-electron chi connectivity index (χ3n) is 5.13. The van der Waals surface area contributed by atoms with Crippen LogP contribution in [0.1, 0.15) is 37.0 Å². The SMILES string of the molecule is CCCOc1c(Br)cc(/C=C2\SC(=O)N(CC(=O)Nc3cccc(C)c3C)C2=O)cc1OCC. The topological polar surface area (TPSA) is 84.9 Å². The molecular formula is C25H27BrN2O5S. The molecule has 3 amide bonds.